The standard InChI is InChI=1S/C14H20FNO2S/c1-19(17,18)8-7-12(10-16-14-5-6-14)11-3-2-4-13(15)9-11/h2-4,9,12,14,16H,5-8,10H2,1H3. The van der Waals surface area contributed by atoms with E-state index in [0.717, 1.165) is 5.56 Å². The van der Waals surface area contributed by atoms with Crippen molar-refractivity contribution in [1.29, 1.82) is 0 Å². The molecular weight excluding hydrogens is 265 g/mol. The number of rotatable bonds is 7. The lowest BCUT2D eigenvalue weighted by atomic mass is 9.96. The molecule has 0 amide bonds. The molecule has 0 aromatic heterocycles. The maximum Gasteiger partial charge on any atom is 0.147 e. The van der Waals surface area contributed by atoms with E-state index in [1.807, 2.05) is 6.07 Å². The summed E-state index contributed by atoms with van der Waals surface area (Å²) in [6.07, 6.45) is 4.13. The average molecular weight is 285 g/mol. The maximum absolute atomic E-state index is 13.3. The Labute approximate surface area is 114 Å². The average Bonchev–Trinajstić information content (AvgIpc) is 3.11. The molecule has 1 aliphatic rings. The Balaban J connectivity index is 2.03. The van der Waals surface area contributed by atoms with Gasteiger partial charge in [-0.2, -0.15) is 0 Å². The summed E-state index contributed by atoms with van der Waals surface area (Å²) in [5, 5.41) is 3.39. The van der Waals surface area contributed by atoms with Gasteiger partial charge in [0.15, 0.2) is 0 Å². The van der Waals surface area contributed by atoms with Crippen molar-refractivity contribution in [2.75, 3.05) is 18.6 Å². The Bertz CT molecular complexity index is 526. The predicted molar refractivity (Wildman–Crippen MR) is 74.5 cm³/mol. The molecule has 0 heterocycles. The zero-order valence-electron chi connectivity index (χ0n) is 11.1. The molecule has 0 aliphatic heterocycles. The summed E-state index contributed by atoms with van der Waals surface area (Å²) < 4.78 is 35.9. The molecule has 0 spiro atoms. The molecule has 1 unspecified atom stereocenters. The van der Waals surface area contributed by atoms with Gasteiger partial charge in [-0.25, -0.2) is 12.8 Å². The van der Waals surface area contributed by atoms with Crippen LogP contribution in [0.5, 0.6) is 0 Å². The lowest BCUT2D eigenvalue weighted by molar-refractivity contribution is 0.551. The van der Waals surface area contributed by atoms with Crippen LogP contribution in [0.2, 0.25) is 0 Å². The zero-order chi connectivity index (χ0) is 13.9. The third-order valence-corrected chi connectivity index (χ3v) is 4.36. The van der Waals surface area contributed by atoms with Crippen LogP contribution in [0.3, 0.4) is 0 Å². The zero-order valence-corrected chi connectivity index (χ0v) is 11.9. The maximum atomic E-state index is 13.3. The minimum atomic E-state index is -2.98. The van der Waals surface area contributed by atoms with Gasteiger partial charge >= 0.3 is 0 Å². The monoisotopic (exact) mass is 285 g/mol. The number of hydrogen-bond acceptors (Lipinski definition) is 3. The van der Waals surface area contributed by atoms with Crippen molar-refractivity contribution < 1.29 is 12.8 Å². The second kappa shape index (κ2) is 6.01. The molecule has 5 heteroatoms. The van der Waals surface area contributed by atoms with E-state index in [0.29, 0.717) is 19.0 Å². The summed E-state index contributed by atoms with van der Waals surface area (Å²) in [4.78, 5) is 0. The van der Waals surface area contributed by atoms with Crippen LogP contribution in [-0.2, 0) is 9.84 Å². The highest BCUT2D eigenvalue weighted by atomic mass is 32.2. The van der Waals surface area contributed by atoms with E-state index in [1.54, 1.807) is 6.07 Å². The highest BCUT2D eigenvalue weighted by Gasteiger charge is 2.23. The van der Waals surface area contributed by atoms with Gasteiger partial charge < -0.3 is 5.32 Å². The number of hydrogen-bond donors (Lipinski definition) is 1. The first-order valence-corrected chi connectivity index (χ1v) is 8.67. The van der Waals surface area contributed by atoms with E-state index in [2.05, 4.69) is 5.32 Å². The minimum Gasteiger partial charge on any atom is -0.313 e. The predicted octanol–water partition coefficient (Wildman–Crippen LogP) is 2.10. The Kier molecular flexibility index (Phi) is 4.58. The van der Waals surface area contributed by atoms with Crippen molar-refractivity contribution in [3.8, 4) is 0 Å². The Morgan fingerprint density at radius 2 is 2.16 bits per heavy atom. The molecule has 1 fully saturated rings. The quantitative estimate of drug-likeness (QED) is 0.834. The fraction of sp³-hybridized carbons (Fsp3) is 0.571. The molecule has 0 bridgehead atoms. The van der Waals surface area contributed by atoms with Crippen LogP contribution in [0.1, 0.15) is 30.7 Å². The van der Waals surface area contributed by atoms with Crippen molar-refractivity contribution in [3.05, 3.63) is 35.6 Å². The van der Waals surface area contributed by atoms with E-state index >= 15 is 0 Å². The molecule has 1 aliphatic carbocycles. The van der Waals surface area contributed by atoms with Crippen LogP contribution in [-0.4, -0.2) is 33.0 Å². The van der Waals surface area contributed by atoms with Gasteiger partial charge in [-0.05, 0) is 42.9 Å². The highest BCUT2D eigenvalue weighted by Crippen LogP contribution is 2.24. The second-order valence-corrected chi connectivity index (χ2v) is 7.61. The van der Waals surface area contributed by atoms with Crippen LogP contribution in [0.15, 0.2) is 24.3 Å². The van der Waals surface area contributed by atoms with Crippen molar-refractivity contribution in [1.82, 2.24) is 5.32 Å². The fourth-order valence-electron chi connectivity index (χ4n) is 2.10. The normalized spacial score (nSPS) is 17.4. The van der Waals surface area contributed by atoms with Gasteiger partial charge in [0.05, 0.1) is 5.75 Å². The number of benzene rings is 1. The van der Waals surface area contributed by atoms with Gasteiger partial charge in [0.1, 0.15) is 15.7 Å². The van der Waals surface area contributed by atoms with Crippen LogP contribution in [0.25, 0.3) is 0 Å². The first-order chi connectivity index (χ1) is 8.94. The lowest BCUT2D eigenvalue weighted by Crippen LogP contribution is -2.25. The van der Waals surface area contributed by atoms with Gasteiger partial charge in [0.2, 0.25) is 0 Å². The third-order valence-electron chi connectivity index (χ3n) is 3.39. The van der Waals surface area contributed by atoms with Crippen LogP contribution in [0, 0.1) is 5.82 Å². The van der Waals surface area contributed by atoms with Gasteiger partial charge in [-0.1, -0.05) is 12.1 Å². The summed E-state index contributed by atoms with van der Waals surface area (Å²) in [7, 11) is -2.98. The van der Waals surface area contributed by atoms with Crippen LogP contribution < -0.4 is 5.32 Å². The topological polar surface area (TPSA) is 46.2 Å². The summed E-state index contributed by atoms with van der Waals surface area (Å²) in [6.45, 7) is 0.712. The molecule has 0 radical (unpaired) electrons. The first-order valence-electron chi connectivity index (χ1n) is 6.60. The summed E-state index contributed by atoms with van der Waals surface area (Å²) in [5.41, 5.74) is 0.872. The molecule has 1 N–H and O–H groups in total. The molecule has 1 aromatic carbocycles. The summed E-state index contributed by atoms with van der Waals surface area (Å²) in [5.74, 6) is -0.0835. The van der Waals surface area contributed by atoms with E-state index in [4.69, 9.17) is 0 Å². The second-order valence-electron chi connectivity index (χ2n) is 5.35. The molecule has 0 saturated heterocycles. The third kappa shape index (κ3) is 5.28. The van der Waals surface area contributed by atoms with Crippen molar-refractivity contribution in [3.63, 3.8) is 0 Å². The molecule has 1 saturated carbocycles. The smallest absolute Gasteiger partial charge is 0.147 e. The summed E-state index contributed by atoms with van der Waals surface area (Å²) >= 11 is 0. The van der Waals surface area contributed by atoms with E-state index in [1.165, 1.54) is 31.2 Å². The van der Waals surface area contributed by atoms with Crippen molar-refractivity contribution in [2.24, 2.45) is 0 Å². The molecule has 2 rings (SSSR count). The molecular formula is C14H20FNO2S. The SMILES string of the molecule is CS(=O)(=O)CCC(CNC1CC1)c1cccc(F)c1. The van der Waals surface area contributed by atoms with Crippen molar-refractivity contribution in [2.45, 2.75) is 31.2 Å². The van der Waals surface area contributed by atoms with Gasteiger partial charge in [-0.3, -0.25) is 0 Å². The molecule has 106 valence electrons. The van der Waals surface area contributed by atoms with Crippen LogP contribution >= 0.6 is 0 Å². The highest BCUT2D eigenvalue weighted by molar-refractivity contribution is 7.90. The van der Waals surface area contributed by atoms with Crippen LogP contribution in [0.4, 0.5) is 4.39 Å². The first kappa shape index (κ1) is 14.5. The number of nitrogens with one attached hydrogen (secondary N) is 1. The van der Waals surface area contributed by atoms with E-state index < -0.39 is 9.84 Å². The van der Waals surface area contributed by atoms with E-state index in [9.17, 15) is 12.8 Å². The lowest BCUT2D eigenvalue weighted by Gasteiger charge is -2.18. The van der Waals surface area contributed by atoms with Gasteiger partial charge in [0.25, 0.3) is 0 Å². The summed E-state index contributed by atoms with van der Waals surface area (Å²) in [6, 6.07) is 7.02. The van der Waals surface area contributed by atoms with E-state index in [-0.39, 0.29) is 17.5 Å². The van der Waals surface area contributed by atoms with Crippen molar-refractivity contribution >= 4 is 9.84 Å². The number of halogens is 1. The fourth-order valence-corrected chi connectivity index (χ4v) is 2.81. The van der Waals surface area contributed by atoms with Gasteiger partial charge in [0, 0.05) is 18.8 Å². The molecule has 19 heavy (non-hydrogen) atoms. The molecule has 1 atom stereocenters. The Hall–Kier alpha value is -0.940. The largest absolute Gasteiger partial charge is 0.313 e. The molecule has 3 nitrogen and oxygen atoms in total. The minimum absolute atomic E-state index is 0.0472. The van der Waals surface area contributed by atoms with Gasteiger partial charge in [-0.15, -0.1) is 0 Å². The molecule has 1 aromatic rings. The Morgan fingerprint density at radius 1 is 1.42 bits per heavy atom. The Morgan fingerprint density at radius 3 is 2.74 bits per heavy atom. The number of sulfone groups is 1.